The largest absolute Gasteiger partial charge is 0.329 e. The number of benzene rings is 1. The number of nitrogens with zero attached hydrogens (tertiary/aromatic N) is 1. The van der Waals surface area contributed by atoms with Gasteiger partial charge in [-0.05, 0) is 37.5 Å². The van der Waals surface area contributed by atoms with E-state index in [1.165, 1.54) is 0 Å². The van der Waals surface area contributed by atoms with E-state index in [-0.39, 0.29) is 17.2 Å². The summed E-state index contributed by atoms with van der Waals surface area (Å²) in [7, 11) is 0. The van der Waals surface area contributed by atoms with Crippen molar-refractivity contribution in [3.05, 3.63) is 24.3 Å². The lowest BCUT2D eigenvalue weighted by Gasteiger charge is -2.39. The third-order valence-electron chi connectivity index (χ3n) is 4.67. The first kappa shape index (κ1) is 14.1. The topological polar surface area (TPSA) is 75.4 Å². The van der Waals surface area contributed by atoms with Crippen molar-refractivity contribution in [3.8, 4) is 0 Å². The molecule has 112 valence electrons. The molecule has 5 nitrogen and oxygen atoms in total. The van der Waals surface area contributed by atoms with Crippen molar-refractivity contribution in [2.24, 2.45) is 11.1 Å². The minimum Gasteiger partial charge on any atom is -0.329 e. The summed E-state index contributed by atoms with van der Waals surface area (Å²) >= 11 is 0. The van der Waals surface area contributed by atoms with Crippen LogP contribution < -0.4 is 16.0 Å². The van der Waals surface area contributed by atoms with Gasteiger partial charge in [-0.2, -0.15) is 0 Å². The zero-order valence-corrected chi connectivity index (χ0v) is 12.1. The van der Waals surface area contributed by atoms with E-state index in [0.717, 1.165) is 43.6 Å². The third-order valence-corrected chi connectivity index (χ3v) is 4.67. The predicted molar refractivity (Wildman–Crippen MR) is 82.0 cm³/mol. The number of hydrogen-bond acceptors (Lipinski definition) is 3. The third kappa shape index (κ3) is 2.53. The summed E-state index contributed by atoms with van der Waals surface area (Å²) in [5.41, 5.74) is 6.95. The second-order valence-electron chi connectivity index (χ2n) is 5.99. The smallest absolute Gasteiger partial charge is 0.231 e. The standard InChI is InChI=1S/C16H21N3O2/c17-11-16(7-3-8-16)15(21)18-12-4-1-5-13(10-12)19-9-2-6-14(19)20/h1,4-5,10H,2-3,6-9,11,17H2,(H,18,21). The van der Waals surface area contributed by atoms with E-state index in [1.54, 1.807) is 4.90 Å². The van der Waals surface area contributed by atoms with Crippen LogP contribution in [0.3, 0.4) is 0 Å². The van der Waals surface area contributed by atoms with Gasteiger partial charge in [0.05, 0.1) is 5.41 Å². The molecule has 1 aliphatic heterocycles. The number of nitrogens with one attached hydrogen (secondary N) is 1. The van der Waals surface area contributed by atoms with Gasteiger partial charge in [0, 0.05) is 30.9 Å². The minimum atomic E-state index is -0.389. The molecule has 1 aromatic carbocycles. The van der Waals surface area contributed by atoms with E-state index in [0.29, 0.717) is 13.0 Å². The van der Waals surface area contributed by atoms with Crippen LogP contribution in [0.4, 0.5) is 11.4 Å². The van der Waals surface area contributed by atoms with Crippen molar-refractivity contribution in [1.29, 1.82) is 0 Å². The molecule has 0 aromatic heterocycles. The summed E-state index contributed by atoms with van der Waals surface area (Å²) in [5, 5.41) is 2.96. The number of rotatable bonds is 4. The number of nitrogens with two attached hydrogens (primary N) is 1. The van der Waals surface area contributed by atoms with Gasteiger partial charge in [0.25, 0.3) is 0 Å². The Hall–Kier alpha value is -1.88. The highest BCUT2D eigenvalue weighted by Crippen LogP contribution is 2.41. The van der Waals surface area contributed by atoms with Gasteiger partial charge in [0.2, 0.25) is 11.8 Å². The van der Waals surface area contributed by atoms with Gasteiger partial charge in [-0.25, -0.2) is 0 Å². The Kier molecular flexibility index (Phi) is 3.68. The lowest BCUT2D eigenvalue weighted by atomic mass is 9.68. The fourth-order valence-corrected chi connectivity index (χ4v) is 3.06. The Morgan fingerprint density at radius 1 is 1.33 bits per heavy atom. The number of anilines is 2. The maximum Gasteiger partial charge on any atom is 0.231 e. The fourth-order valence-electron chi connectivity index (χ4n) is 3.06. The van der Waals surface area contributed by atoms with Crippen molar-refractivity contribution >= 4 is 23.2 Å². The maximum atomic E-state index is 12.4. The first-order valence-electron chi connectivity index (χ1n) is 7.57. The lowest BCUT2D eigenvalue weighted by Crippen LogP contribution is -2.47. The van der Waals surface area contributed by atoms with Gasteiger partial charge in [-0.15, -0.1) is 0 Å². The molecule has 0 spiro atoms. The average molecular weight is 287 g/mol. The molecule has 3 N–H and O–H groups in total. The number of amides is 2. The molecular weight excluding hydrogens is 266 g/mol. The molecule has 0 radical (unpaired) electrons. The summed E-state index contributed by atoms with van der Waals surface area (Å²) in [4.78, 5) is 25.9. The van der Waals surface area contributed by atoms with Crippen LogP contribution in [-0.2, 0) is 9.59 Å². The van der Waals surface area contributed by atoms with Crippen LogP contribution in [0.5, 0.6) is 0 Å². The van der Waals surface area contributed by atoms with Gasteiger partial charge in [-0.1, -0.05) is 12.5 Å². The zero-order chi connectivity index (χ0) is 14.9. The fraction of sp³-hybridized carbons (Fsp3) is 0.500. The molecule has 1 aromatic rings. The van der Waals surface area contributed by atoms with Crippen LogP contribution in [0.2, 0.25) is 0 Å². The summed E-state index contributed by atoms with van der Waals surface area (Å²) in [6.45, 7) is 1.14. The minimum absolute atomic E-state index is 0.00106. The van der Waals surface area contributed by atoms with Crippen molar-refractivity contribution in [3.63, 3.8) is 0 Å². The molecular formula is C16H21N3O2. The number of carbonyl (C=O) groups is 2. The summed E-state index contributed by atoms with van der Waals surface area (Å²) in [5.74, 6) is 0.150. The van der Waals surface area contributed by atoms with E-state index < -0.39 is 0 Å². The van der Waals surface area contributed by atoms with Crippen molar-refractivity contribution in [2.75, 3.05) is 23.3 Å². The first-order chi connectivity index (χ1) is 10.1. The van der Waals surface area contributed by atoms with Gasteiger partial charge >= 0.3 is 0 Å². The Morgan fingerprint density at radius 2 is 2.14 bits per heavy atom. The molecule has 0 atom stereocenters. The molecule has 2 amide bonds. The van der Waals surface area contributed by atoms with Crippen LogP contribution >= 0.6 is 0 Å². The average Bonchev–Trinajstić information content (AvgIpc) is 2.85. The van der Waals surface area contributed by atoms with Crippen LogP contribution in [0.15, 0.2) is 24.3 Å². The maximum absolute atomic E-state index is 12.4. The number of carbonyl (C=O) groups excluding carboxylic acids is 2. The molecule has 1 aliphatic carbocycles. The van der Waals surface area contributed by atoms with Crippen LogP contribution in [0, 0.1) is 5.41 Å². The Bertz CT molecular complexity index is 561. The molecule has 1 saturated heterocycles. The van der Waals surface area contributed by atoms with Gasteiger partial charge in [0.15, 0.2) is 0 Å². The summed E-state index contributed by atoms with van der Waals surface area (Å²) in [6, 6.07) is 7.49. The van der Waals surface area contributed by atoms with E-state index in [1.807, 2.05) is 24.3 Å². The Labute approximate surface area is 124 Å². The van der Waals surface area contributed by atoms with Crippen LogP contribution in [-0.4, -0.2) is 24.9 Å². The molecule has 21 heavy (non-hydrogen) atoms. The first-order valence-corrected chi connectivity index (χ1v) is 7.57. The van der Waals surface area contributed by atoms with E-state index in [9.17, 15) is 9.59 Å². The molecule has 5 heteroatoms. The Morgan fingerprint density at radius 3 is 2.71 bits per heavy atom. The van der Waals surface area contributed by atoms with Gasteiger partial charge < -0.3 is 16.0 Å². The highest BCUT2D eigenvalue weighted by Gasteiger charge is 2.42. The van der Waals surface area contributed by atoms with Crippen LogP contribution in [0.1, 0.15) is 32.1 Å². The van der Waals surface area contributed by atoms with Gasteiger partial charge in [0.1, 0.15) is 0 Å². The highest BCUT2D eigenvalue weighted by molar-refractivity contribution is 5.98. The van der Waals surface area contributed by atoms with E-state index >= 15 is 0 Å². The van der Waals surface area contributed by atoms with Crippen LogP contribution in [0.25, 0.3) is 0 Å². The zero-order valence-electron chi connectivity index (χ0n) is 12.1. The second kappa shape index (κ2) is 5.48. The second-order valence-corrected chi connectivity index (χ2v) is 5.99. The summed E-state index contributed by atoms with van der Waals surface area (Å²) in [6.07, 6.45) is 4.28. The van der Waals surface area contributed by atoms with E-state index in [4.69, 9.17) is 5.73 Å². The van der Waals surface area contributed by atoms with Crippen molar-refractivity contribution < 1.29 is 9.59 Å². The van der Waals surface area contributed by atoms with Crippen molar-refractivity contribution in [2.45, 2.75) is 32.1 Å². The SMILES string of the molecule is NCC1(C(=O)Nc2cccc(N3CCCC3=O)c2)CCC1. The molecule has 0 bridgehead atoms. The lowest BCUT2D eigenvalue weighted by molar-refractivity contribution is -0.129. The molecule has 1 saturated carbocycles. The molecule has 1 heterocycles. The van der Waals surface area contributed by atoms with Crippen molar-refractivity contribution in [1.82, 2.24) is 0 Å². The van der Waals surface area contributed by atoms with Gasteiger partial charge in [-0.3, -0.25) is 9.59 Å². The molecule has 2 aliphatic rings. The Balaban J connectivity index is 1.74. The highest BCUT2D eigenvalue weighted by atomic mass is 16.2. The molecule has 2 fully saturated rings. The number of hydrogen-bond donors (Lipinski definition) is 2. The summed E-state index contributed by atoms with van der Waals surface area (Å²) < 4.78 is 0. The normalized spacial score (nSPS) is 20.2. The molecule has 0 unspecified atom stereocenters. The quantitative estimate of drug-likeness (QED) is 0.888. The molecule has 3 rings (SSSR count). The van der Waals surface area contributed by atoms with E-state index in [2.05, 4.69) is 5.32 Å². The monoisotopic (exact) mass is 287 g/mol. The predicted octanol–water partition coefficient (Wildman–Crippen LogP) is 1.88.